The molecule has 2 aromatic rings. The van der Waals surface area contributed by atoms with Gasteiger partial charge in [-0.15, -0.1) is 0 Å². The van der Waals surface area contributed by atoms with Crippen molar-refractivity contribution in [3.8, 4) is 6.07 Å². The highest BCUT2D eigenvalue weighted by atomic mass is 32.2. The molecule has 0 saturated heterocycles. The number of sulfonamides is 1. The van der Waals surface area contributed by atoms with Crippen molar-refractivity contribution in [1.29, 1.82) is 5.26 Å². The van der Waals surface area contributed by atoms with Crippen LogP contribution in [0.4, 0.5) is 5.82 Å². The summed E-state index contributed by atoms with van der Waals surface area (Å²) < 4.78 is 26.5. The fraction of sp³-hybridized carbons (Fsp3) is 0.0909. The van der Waals surface area contributed by atoms with E-state index in [1.165, 1.54) is 12.1 Å². The molecule has 0 aliphatic heterocycles. The van der Waals surface area contributed by atoms with E-state index in [9.17, 15) is 8.42 Å². The predicted molar refractivity (Wildman–Crippen MR) is 65.3 cm³/mol. The average molecular weight is 262 g/mol. The minimum absolute atomic E-state index is 0.0619. The van der Waals surface area contributed by atoms with Crippen molar-refractivity contribution >= 4 is 15.8 Å². The molecule has 0 unspecified atom stereocenters. The molecule has 7 heteroatoms. The quantitative estimate of drug-likeness (QED) is 0.873. The summed E-state index contributed by atoms with van der Waals surface area (Å²) in [6.45, 7) is 1.76. The van der Waals surface area contributed by atoms with Crippen molar-refractivity contribution in [2.75, 3.05) is 4.72 Å². The fourth-order valence-corrected chi connectivity index (χ4v) is 2.61. The van der Waals surface area contributed by atoms with E-state index in [2.05, 4.69) is 14.9 Å². The Morgan fingerprint density at radius 3 is 2.72 bits per heavy atom. The summed E-state index contributed by atoms with van der Waals surface area (Å²) in [5.74, 6) is 0.195. The molecular weight excluding hydrogens is 252 g/mol. The smallest absolute Gasteiger partial charge is 0.264 e. The number of aromatic nitrogens is 2. The van der Waals surface area contributed by atoms with Crippen molar-refractivity contribution in [2.45, 2.75) is 11.8 Å². The Morgan fingerprint density at radius 2 is 2.11 bits per heavy atom. The molecule has 0 radical (unpaired) electrons. The van der Waals surface area contributed by atoms with E-state index in [-0.39, 0.29) is 16.3 Å². The molecule has 0 amide bonds. The second-order valence-corrected chi connectivity index (χ2v) is 5.30. The Bertz CT molecular complexity index is 713. The van der Waals surface area contributed by atoms with Crippen LogP contribution in [0.5, 0.6) is 0 Å². The lowest BCUT2D eigenvalue weighted by atomic mass is 10.2. The van der Waals surface area contributed by atoms with Crippen LogP contribution < -0.4 is 4.72 Å². The van der Waals surface area contributed by atoms with Crippen LogP contribution in [0.25, 0.3) is 0 Å². The number of nitrogens with zero attached hydrogens (tertiary/aromatic N) is 2. The number of aryl methyl sites for hydroxylation is 1. The van der Waals surface area contributed by atoms with Gasteiger partial charge in [-0.25, -0.2) is 8.42 Å². The fourth-order valence-electron chi connectivity index (χ4n) is 1.46. The van der Waals surface area contributed by atoms with Gasteiger partial charge >= 0.3 is 0 Å². The van der Waals surface area contributed by atoms with Gasteiger partial charge < -0.3 is 0 Å². The molecule has 0 bridgehead atoms. The molecule has 1 heterocycles. The van der Waals surface area contributed by atoms with E-state index < -0.39 is 10.0 Å². The summed E-state index contributed by atoms with van der Waals surface area (Å²) in [4.78, 5) is -0.0619. The summed E-state index contributed by atoms with van der Waals surface area (Å²) in [7, 11) is -3.80. The third-order valence-electron chi connectivity index (χ3n) is 2.24. The average Bonchev–Trinajstić information content (AvgIpc) is 2.74. The van der Waals surface area contributed by atoms with Gasteiger partial charge in [0.1, 0.15) is 11.0 Å². The van der Waals surface area contributed by atoms with Crippen LogP contribution in [-0.2, 0) is 10.0 Å². The first kappa shape index (κ1) is 12.1. The highest BCUT2D eigenvalue weighted by Gasteiger charge is 2.19. The summed E-state index contributed by atoms with van der Waals surface area (Å²) in [6, 6.07) is 9.40. The molecule has 0 saturated carbocycles. The van der Waals surface area contributed by atoms with E-state index >= 15 is 0 Å². The maximum atomic E-state index is 12.1. The van der Waals surface area contributed by atoms with Crippen LogP contribution >= 0.6 is 0 Å². The first-order valence-electron chi connectivity index (χ1n) is 5.07. The Balaban J connectivity index is 2.40. The second-order valence-electron chi connectivity index (χ2n) is 3.65. The van der Waals surface area contributed by atoms with Crippen molar-refractivity contribution in [2.24, 2.45) is 0 Å². The minimum Gasteiger partial charge on any atom is -0.281 e. The largest absolute Gasteiger partial charge is 0.281 e. The molecule has 2 N–H and O–H groups in total. The van der Waals surface area contributed by atoms with Crippen LogP contribution in [0.15, 0.2) is 35.2 Å². The zero-order valence-corrected chi connectivity index (χ0v) is 10.3. The number of rotatable bonds is 3. The SMILES string of the molecule is Cc1cc(NS(=O)(=O)c2ccccc2C#N)n[nH]1. The standard InChI is InChI=1S/C11H10N4O2S/c1-8-6-11(14-13-8)15-18(16,17)10-5-3-2-4-9(10)7-12/h2-6H,1H3,(H2,13,14,15). The van der Waals surface area contributed by atoms with Gasteiger partial charge in [0.25, 0.3) is 10.0 Å². The van der Waals surface area contributed by atoms with Crippen LogP contribution in [-0.4, -0.2) is 18.6 Å². The molecule has 0 aliphatic rings. The Kier molecular flexibility index (Phi) is 3.04. The maximum absolute atomic E-state index is 12.1. The third kappa shape index (κ3) is 2.33. The Hall–Kier alpha value is -2.33. The highest BCUT2D eigenvalue weighted by molar-refractivity contribution is 7.92. The van der Waals surface area contributed by atoms with Crippen molar-refractivity contribution in [3.63, 3.8) is 0 Å². The lowest BCUT2D eigenvalue weighted by Crippen LogP contribution is -2.14. The number of hydrogen-bond donors (Lipinski definition) is 2. The molecule has 1 aromatic carbocycles. The highest BCUT2D eigenvalue weighted by Crippen LogP contribution is 2.18. The van der Waals surface area contributed by atoms with Crippen LogP contribution in [0.3, 0.4) is 0 Å². The number of H-pyrrole nitrogens is 1. The van der Waals surface area contributed by atoms with Crippen molar-refractivity contribution in [1.82, 2.24) is 10.2 Å². The van der Waals surface area contributed by atoms with Gasteiger partial charge in [-0.3, -0.25) is 9.82 Å². The van der Waals surface area contributed by atoms with Crippen LogP contribution in [0, 0.1) is 18.3 Å². The monoisotopic (exact) mass is 262 g/mol. The minimum atomic E-state index is -3.80. The van der Waals surface area contributed by atoms with E-state index in [1.807, 2.05) is 6.07 Å². The molecule has 0 aliphatic carbocycles. The van der Waals surface area contributed by atoms with Crippen molar-refractivity contribution in [3.05, 3.63) is 41.6 Å². The van der Waals surface area contributed by atoms with Crippen molar-refractivity contribution < 1.29 is 8.42 Å². The first-order valence-corrected chi connectivity index (χ1v) is 6.55. The van der Waals surface area contributed by atoms with Gasteiger partial charge in [-0.1, -0.05) is 12.1 Å². The molecule has 0 atom stereocenters. The van der Waals surface area contributed by atoms with Gasteiger partial charge in [0.15, 0.2) is 5.82 Å². The zero-order valence-electron chi connectivity index (χ0n) is 9.51. The van der Waals surface area contributed by atoms with Gasteiger partial charge in [-0.2, -0.15) is 10.4 Å². The lowest BCUT2D eigenvalue weighted by Gasteiger charge is -2.06. The zero-order chi connectivity index (χ0) is 13.2. The third-order valence-corrected chi connectivity index (χ3v) is 3.65. The molecule has 18 heavy (non-hydrogen) atoms. The number of benzene rings is 1. The number of anilines is 1. The van der Waals surface area contributed by atoms with Gasteiger partial charge in [0, 0.05) is 11.8 Å². The topological polar surface area (TPSA) is 98.6 Å². The Labute approximate surface area is 104 Å². The number of nitrogens with one attached hydrogen (secondary N) is 2. The molecule has 92 valence electrons. The molecule has 0 spiro atoms. The van der Waals surface area contributed by atoms with Gasteiger partial charge in [0.2, 0.25) is 0 Å². The Morgan fingerprint density at radius 1 is 1.39 bits per heavy atom. The van der Waals surface area contributed by atoms with E-state index in [4.69, 9.17) is 5.26 Å². The molecule has 1 aromatic heterocycles. The number of hydrogen-bond acceptors (Lipinski definition) is 4. The van der Waals surface area contributed by atoms with E-state index in [0.717, 1.165) is 5.69 Å². The second kappa shape index (κ2) is 4.50. The summed E-state index contributed by atoms with van der Waals surface area (Å²) in [5.41, 5.74) is 0.832. The molecule has 6 nitrogen and oxygen atoms in total. The lowest BCUT2D eigenvalue weighted by molar-refractivity contribution is 0.601. The van der Waals surface area contributed by atoms with Gasteiger partial charge in [-0.05, 0) is 19.1 Å². The molecule has 0 fully saturated rings. The molecule has 2 rings (SSSR count). The molecular formula is C11H10N4O2S. The maximum Gasteiger partial charge on any atom is 0.264 e. The van der Waals surface area contributed by atoms with Crippen LogP contribution in [0.2, 0.25) is 0 Å². The van der Waals surface area contributed by atoms with E-state index in [0.29, 0.717) is 0 Å². The summed E-state index contributed by atoms with van der Waals surface area (Å²) >= 11 is 0. The van der Waals surface area contributed by atoms with Gasteiger partial charge in [0.05, 0.1) is 5.56 Å². The summed E-state index contributed by atoms with van der Waals surface area (Å²) in [6.07, 6.45) is 0. The van der Waals surface area contributed by atoms with Crippen LogP contribution in [0.1, 0.15) is 11.3 Å². The first-order chi connectivity index (χ1) is 8.53. The predicted octanol–water partition coefficient (Wildman–Crippen LogP) is 1.39. The summed E-state index contributed by atoms with van der Waals surface area (Å²) in [5, 5.41) is 15.3. The normalized spacial score (nSPS) is 10.9. The number of aromatic amines is 1. The van der Waals surface area contributed by atoms with E-state index in [1.54, 1.807) is 25.1 Å². The number of nitriles is 1.